The summed E-state index contributed by atoms with van der Waals surface area (Å²) >= 11 is 0. The zero-order chi connectivity index (χ0) is 12.4. The van der Waals surface area contributed by atoms with Crippen LogP contribution in [-0.4, -0.2) is 27.9 Å². The van der Waals surface area contributed by atoms with Gasteiger partial charge in [0.2, 0.25) is 5.91 Å². The summed E-state index contributed by atoms with van der Waals surface area (Å²) in [5.74, 6) is 0.187. The second kappa shape index (κ2) is 10.2. The summed E-state index contributed by atoms with van der Waals surface area (Å²) in [6, 6.07) is 5.64. The standard InChI is InChI=1S/C14H19N2O.2H2S.Y/c1-10-4-7-13(15-9-10)8-14(17)16-11(2)5-6-12(16)3;;;/h7,9,11-12H,5-6,8H2,1-3H3;2*1H2;/q-1;;;/t11-,12-;;;/m0.../s1. The molecule has 6 heteroatoms. The quantitative estimate of drug-likeness (QED) is 0.729. The van der Waals surface area contributed by atoms with Gasteiger partial charge in [0, 0.05) is 51.2 Å². The summed E-state index contributed by atoms with van der Waals surface area (Å²) in [5, 5.41) is 0. The summed E-state index contributed by atoms with van der Waals surface area (Å²) < 4.78 is 0. The minimum atomic E-state index is 0. The maximum Gasteiger partial charge on any atom is 0.217 e. The van der Waals surface area contributed by atoms with Crippen LogP contribution in [0.2, 0.25) is 0 Å². The number of nitrogens with zero attached hydrogens (tertiary/aromatic N) is 2. The molecule has 1 aromatic rings. The summed E-state index contributed by atoms with van der Waals surface area (Å²) in [4.78, 5) is 18.5. The molecule has 20 heavy (non-hydrogen) atoms. The van der Waals surface area contributed by atoms with Gasteiger partial charge < -0.3 is 9.88 Å². The predicted molar refractivity (Wildman–Crippen MR) is 87.3 cm³/mol. The monoisotopic (exact) mass is 388 g/mol. The number of aromatic nitrogens is 1. The molecule has 0 aliphatic carbocycles. The molecule has 3 nitrogen and oxygen atoms in total. The van der Waals surface area contributed by atoms with E-state index in [1.54, 1.807) is 6.20 Å². The number of amides is 1. The average molecular weight is 388 g/mol. The van der Waals surface area contributed by atoms with Gasteiger partial charge in [-0.2, -0.15) is 39.1 Å². The van der Waals surface area contributed by atoms with Crippen molar-refractivity contribution in [1.82, 2.24) is 9.88 Å². The second-order valence-electron chi connectivity index (χ2n) is 4.97. The van der Waals surface area contributed by atoms with Crippen LogP contribution in [0, 0.1) is 13.0 Å². The molecule has 1 saturated heterocycles. The Balaban J connectivity index is 0. The average Bonchev–Trinajstić information content (AvgIpc) is 2.62. The summed E-state index contributed by atoms with van der Waals surface area (Å²) in [6.45, 7) is 6.19. The topological polar surface area (TPSA) is 33.2 Å². The number of pyridine rings is 1. The van der Waals surface area contributed by atoms with E-state index in [9.17, 15) is 4.79 Å². The number of aryl methyl sites for hydroxylation is 1. The zero-order valence-corrected chi connectivity index (χ0v) is 17.1. The number of carbonyl (C=O) groups is 1. The number of likely N-dealkylation sites (tertiary alicyclic amines) is 1. The minimum Gasteiger partial charge on any atom is -0.387 e. The number of rotatable bonds is 2. The van der Waals surface area contributed by atoms with Crippen LogP contribution in [0.25, 0.3) is 0 Å². The first-order valence-corrected chi connectivity index (χ1v) is 6.22. The molecule has 0 spiro atoms. The van der Waals surface area contributed by atoms with Crippen molar-refractivity contribution in [3.63, 3.8) is 0 Å². The van der Waals surface area contributed by atoms with E-state index in [1.807, 2.05) is 17.9 Å². The van der Waals surface area contributed by atoms with Crippen molar-refractivity contribution in [3.8, 4) is 0 Å². The van der Waals surface area contributed by atoms with Crippen molar-refractivity contribution in [2.24, 2.45) is 0 Å². The summed E-state index contributed by atoms with van der Waals surface area (Å²) in [5.41, 5.74) is 1.82. The summed E-state index contributed by atoms with van der Waals surface area (Å²) in [6.07, 6.45) is 4.38. The maximum atomic E-state index is 12.2. The van der Waals surface area contributed by atoms with Gasteiger partial charge in [-0.3, -0.25) is 4.79 Å². The van der Waals surface area contributed by atoms with Crippen molar-refractivity contribution in [3.05, 3.63) is 29.6 Å². The van der Waals surface area contributed by atoms with Gasteiger partial charge in [-0.05, 0) is 26.7 Å². The van der Waals surface area contributed by atoms with E-state index in [0.29, 0.717) is 18.5 Å². The smallest absolute Gasteiger partial charge is 0.217 e. The van der Waals surface area contributed by atoms with Crippen molar-refractivity contribution < 1.29 is 37.5 Å². The molecule has 2 atom stereocenters. The molecule has 2 rings (SSSR count). The molecule has 1 amide bonds. The van der Waals surface area contributed by atoms with Gasteiger partial charge in [0.1, 0.15) is 0 Å². The SMILES string of the molecule is Cc1[c-]cc(CC(=O)N2[C@@H](C)CC[C@@H]2C)nc1.S.S.[Y]. The number of carbonyl (C=O) groups excluding carboxylic acids is 1. The van der Waals surface area contributed by atoms with Gasteiger partial charge in [-0.1, -0.05) is 18.8 Å². The van der Waals surface area contributed by atoms with Crippen LogP contribution >= 0.6 is 27.0 Å². The molecule has 1 aromatic heterocycles. The molecule has 1 radical (unpaired) electrons. The Morgan fingerprint density at radius 2 is 1.90 bits per heavy atom. The Morgan fingerprint density at radius 3 is 2.35 bits per heavy atom. The van der Waals surface area contributed by atoms with Crippen LogP contribution in [0.4, 0.5) is 0 Å². The van der Waals surface area contributed by atoms with E-state index in [1.165, 1.54) is 0 Å². The van der Waals surface area contributed by atoms with Crippen LogP contribution in [0.3, 0.4) is 0 Å². The third-order valence-corrected chi connectivity index (χ3v) is 3.46. The molecule has 111 valence electrons. The second-order valence-corrected chi connectivity index (χ2v) is 4.97. The van der Waals surface area contributed by atoms with Gasteiger partial charge in [0.25, 0.3) is 0 Å². The normalized spacial score (nSPS) is 20.4. The molecule has 0 saturated carbocycles. The van der Waals surface area contributed by atoms with Gasteiger partial charge in [-0.25, -0.2) is 0 Å². The molecular formula is C14H23N2OS2Y-. The van der Waals surface area contributed by atoms with E-state index in [2.05, 4.69) is 24.9 Å². The van der Waals surface area contributed by atoms with E-state index in [4.69, 9.17) is 0 Å². The van der Waals surface area contributed by atoms with Crippen molar-refractivity contribution in [2.75, 3.05) is 0 Å². The fourth-order valence-corrected chi connectivity index (χ4v) is 2.48. The van der Waals surface area contributed by atoms with Crippen molar-refractivity contribution in [2.45, 2.75) is 52.1 Å². The fourth-order valence-electron chi connectivity index (χ4n) is 2.48. The van der Waals surface area contributed by atoms with E-state index < -0.39 is 0 Å². The molecule has 1 aliphatic heterocycles. The van der Waals surface area contributed by atoms with Crippen molar-refractivity contribution in [1.29, 1.82) is 0 Å². The van der Waals surface area contributed by atoms with Gasteiger partial charge in [0.05, 0.1) is 0 Å². The molecular weight excluding hydrogens is 365 g/mol. The van der Waals surface area contributed by atoms with Gasteiger partial charge in [0.15, 0.2) is 0 Å². The third-order valence-electron chi connectivity index (χ3n) is 3.46. The molecule has 0 N–H and O–H groups in total. The summed E-state index contributed by atoms with van der Waals surface area (Å²) in [7, 11) is 0. The van der Waals surface area contributed by atoms with E-state index in [-0.39, 0.29) is 65.6 Å². The van der Waals surface area contributed by atoms with Crippen LogP contribution in [0.1, 0.15) is 37.9 Å². The van der Waals surface area contributed by atoms with Crippen LogP contribution < -0.4 is 0 Å². The Bertz CT molecular complexity index is 404. The Kier molecular flexibility index (Phi) is 11.6. The molecule has 2 heterocycles. The molecule has 0 aromatic carbocycles. The first kappa shape index (κ1) is 22.7. The molecule has 1 fully saturated rings. The first-order valence-electron chi connectivity index (χ1n) is 6.22. The van der Waals surface area contributed by atoms with Crippen molar-refractivity contribution >= 4 is 32.9 Å². The Labute approximate surface area is 161 Å². The molecule has 1 aliphatic rings. The minimum absolute atomic E-state index is 0. The number of hydrogen-bond donors (Lipinski definition) is 0. The van der Waals surface area contributed by atoms with Crippen LogP contribution in [0.15, 0.2) is 12.3 Å². The van der Waals surface area contributed by atoms with E-state index in [0.717, 1.165) is 24.1 Å². The molecule has 0 bridgehead atoms. The largest absolute Gasteiger partial charge is 0.387 e. The third kappa shape index (κ3) is 5.66. The van der Waals surface area contributed by atoms with Crippen LogP contribution in [-0.2, 0) is 43.9 Å². The number of hydrogen-bond acceptors (Lipinski definition) is 2. The Morgan fingerprint density at radius 1 is 1.35 bits per heavy atom. The van der Waals surface area contributed by atoms with E-state index >= 15 is 0 Å². The predicted octanol–water partition coefficient (Wildman–Crippen LogP) is 2.36. The molecule has 0 unspecified atom stereocenters. The van der Waals surface area contributed by atoms with Crippen LogP contribution in [0.5, 0.6) is 0 Å². The fraction of sp³-hybridized carbons (Fsp3) is 0.571. The first-order chi connectivity index (χ1) is 8.08. The van der Waals surface area contributed by atoms with Gasteiger partial charge >= 0.3 is 0 Å². The van der Waals surface area contributed by atoms with Gasteiger partial charge in [-0.15, -0.1) is 5.56 Å². The Hall–Kier alpha value is 0.424. The maximum absolute atomic E-state index is 12.2. The zero-order valence-electron chi connectivity index (χ0n) is 12.3.